The maximum Gasteiger partial charge on any atom is 0.274 e. The van der Waals surface area contributed by atoms with Crippen molar-refractivity contribution >= 4 is 41.5 Å². The van der Waals surface area contributed by atoms with E-state index in [-0.39, 0.29) is 40.9 Å². The number of amides is 3. The average Bonchev–Trinajstić information content (AvgIpc) is 3.92. The number of ether oxygens (including phenoxy) is 1. The standard InChI is InChI=1S/C41H47N7O5/c1-26-20-31(11-12-32(26)33-13-14-38(49)43-39(33)50)46-18-16-45(17-19-46)23-27-5-7-28(8-6-27)24-47-25-29-21-34(37(53-2)22-36(29)44-47)40(51)42-35-4-3-15-48(41(35)52)30-9-10-30/h3-4,11-12,15,20-22,24-25,27-28,30,33H,5-10,13-14,16-19,23H2,1-2H3,(H-,42,43,49,50,51)/p+1/b47-24-. The zero-order valence-corrected chi connectivity index (χ0v) is 30.6. The fraction of sp³-hybridized carbons (Fsp3) is 0.463. The van der Waals surface area contributed by atoms with Crippen LogP contribution in [0.15, 0.2) is 58.6 Å². The van der Waals surface area contributed by atoms with Gasteiger partial charge in [-0.05, 0) is 99.2 Å². The maximum absolute atomic E-state index is 13.4. The fourth-order valence-corrected chi connectivity index (χ4v) is 8.46. The number of benzene rings is 2. The van der Waals surface area contributed by atoms with Crippen LogP contribution in [-0.4, -0.2) is 77.9 Å². The summed E-state index contributed by atoms with van der Waals surface area (Å²) in [6.45, 7) is 7.22. The number of fused-ring (bicyclic) bond motifs is 1. The largest absolute Gasteiger partial charge is 0.496 e. The first kappa shape index (κ1) is 35.0. The molecule has 3 aromatic rings. The molecule has 8 rings (SSSR count). The van der Waals surface area contributed by atoms with Crippen molar-refractivity contribution in [3.63, 3.8) is 0 Å². The van der Waals surface area contributed by atoms with Crippen molar-refractivity contribution in [3.05, 3.63) is 86.3 Å². The van der Waals surface area contributed by atoms with Crippen molar-refractivity contribution in [1.82, 2.24) is 14.8 Å². The Kier molecular flexibility index (Phi) is 9.72. The predicted molar refractivity (Wildman–Crippen MR) is 202 cm³/mol. The number of pyridine rings is 1. The fourth-order valence-electron chi connectivity index (χ4n) is 8.46. The van der Waals surface area contributed by atoms with Crippen LogP contribution in [0.1, 0.15) is 84.8 Å². The molecule has 12 heteroatoms. The smallest absolute Gasteiger partial charge is 0.274 e. The van der Waals surface area contributed by atoms with E-state index in [9.17, 15) is 19.2 Å². The lowest BCUT2D eigenvalue weighted by Crippen LogP contribution is -2.48. The molecule has 2 N–H and O–H groups in total. The number of methoxy groups -OCH3 is 1. The van der Waals surface area contributed by atoms with Crippen LogP contribution in [0.5, 0.6) is 5.75 Å². The molecule has 0 spiro atoms. The van der Waals surface area contributed by atoms with Gasteiger partial charge in [-0.3, -0.25) is 29.4 Å². The lowest BCUT2D eigenvalue weighted by atomic mass is 9.82. The first-order valence-electron chi connectivity index (χ1n) is 19.1. The summed E-state index contributed by atoms with van der Waals surface area (Å²) in [5, 5.41) is 11.7. The van der Waals surface area contributed by atoms with Gasteiger partial charge >= 0.3 is 0 Å². The van der Waals surface area contributed by atoms with E-state index in [1.807, 2.05) is 10.9 Å². The Bertz CT molecular complexity index is 2160. The van der Waals surface area contributed by atoms with Crippen molar-refractivity contribution in [2.75, 3.05) is 50.1 Å². The number of hydrogen-bond acceptors (Lipinski definition) is 8. The summed E-state index contributed by atoms with van der Waals surface area (Å²) in [7, 11) is 1.54. The number of aryl methyl sites for hydroxylation is 1. The summed E-state index contributed by atoms with van der Waals surface area (Å²) >= 11 is 0. The van der Waals surface area contributed by atoms with Crippen LogP contribution >= 0.6 is 0 Å². The van der Waals surface area contributed by atoms with E-state index >= 15 is 0 Å². The van der Waals surface area contributed by atoms with Crippen LogP contribution in [0.3, 0.4) is 0 Å². The van der Waals surface area contributed by atoms with E-state index in [0.717, 1.165) is 80.1 Å². The minimum Gasteiger partial charge on any atom is -0.496 e. The Hall–Kier alpha value is -5.10. The van der Waals surface area contributed by atoms with Gasteiger partial charge in [0, 0.05) is 74.2 Å². The quantitative estimate of drug-likeness (QED) is 0.257. The molecule has 1 atom stereocenters. The van der Waals surface area contributed by atoms with E-state index < -0.39 is 0 Å². The monoisotopic (exact) mass is 718 g/mol. The molecule has 1 aromatic heterocycles. The molecule has 3 amide bonds. The minimum atomic E-state index is -0.387. The second kappa shape index (κ2) is 14.7. The second-order valence-electron chi connectivity index (χ2n) is 15.3. The number of nitrogens with zero attached hydrogens (tertiary/aromatic N) is 5. The van der Waals surface area contributed by atoms with Crippen molar-refractivity contribution in [1.29, 1.82) is 0 Å². The van der Waals surface area contributed by atoms with E-state index in [1.54, 1.807) is 35.0 Å². The Morgan fingerprint density at radius 1 is 1.00 bits per heavy atom. The summed E-state index contributed by atoms with van der Waals surface area (Å²) in [6, 6.07) is 13.6. The Morgan fingerprint density at radius 2 is 1.79 bits per heavy atom. The lowest BCUT2D eigenvalue weighted by molar-refractivity contribution is -0.424. The number of imide groups is 1. The van der Waals surface area contributed by atoms with Gasteiger partial charge in [0.1, 0.15) is 16.8 Å². The zero-order chi connectivity index (χ0) is 36.6. The molecule has 0 radical (unpaired) electrons. The second-order valence-corrected chi connectivity index (χ2v) is 15.3. The highest BCUT2D eigenvalue weighted by atomic mass is 16.5. The molecule has 4 heterocycles. The number of rotatable bonds is 9. The minimum absolute atomic E-state index is 0.180. The van der Waals surface area contributed by atoms with Gasteiger partial charge in [0.25, 0.3) is 11.5 Å². The Labute approximate surface area is 308 Å². The van der Waals surface area contributed by atoms with Crippen molar-refractivity contribution in [2.45, 2.75) is 70.3 Å². The van der Waals surface area contributed by atoms with Crippen molar-refractivity contribution < 1.29 is 23.8 Å². The first-order valence-corrected chi connectivity index (χ1v) is 19.1. The molecule has 0 bridgehead atoms. The average molecular weight is 719 g/mol. The van der Waals surface area contributed by atoms with Crippen LogP contribution in [0, 0.1) is 18.8 Å². The van der Waals surface area contributed by atoms with Gasteiger partial charge in [-0.2, -0.15) is 0 Å². The SMILES string of the molecule is COc1cc2c(cc1C(=O)Nc1cccn(C3CC3)c1=O)=C/[N+](=C/C1CCC(CN3CCN(c4ccc(C5CCC(=O)NC5=O)c(C)c4)CC3)CC1)N=2. The summed E-state index contributed by atoms with van der Waals surface area (Å²) in [4.78, 5) is 55.3. The van der Waals surface area contributed by atoms with Crippen molar-refractivity contribution in [3.8, 4) is 5.75 Å². The molecule has 4 fully saturated rings. The zero-order valence-electron chi connectivity index (χ0n) is 30.6. The number of aromatic nitrogens is 1. The molecule has 2 saturated heterocycles. The normalized spacial score (nSPS) is 23.9. The van der Waals surface area contributed by atoms with Crippen molar-refractivity contribution in [2.24, 2.45) is 16.9 Å². The van der Waals surface area contributed by atoms with Gasteiger partial charge in [0.15, 0.2) is 6.21 Å². The van der Waals surface area contributed by atoms with Crippen LogP contribution in [0.25, 0.3) is 6.20 Å². The number of hydrogen-bond donors (Lipinski definition) is 2. The Morgan fingerprint density at radius 3 is 2.51 bits per heavy atom. The molecule has 2 saturated carbocycles. The van der Waals surface area contributed by atoms with Gasteiger partial charge in [0.2, 0.25) is 18.0 Å². The molecule has 3 aliphatic heterocycles. The van der Waals surface area contributed by atoms with Gasteiger partial charge in [-0.1, -0.05) is 10.8 Å². The number of piperazine rings is 1. The summed E-state index contributed by atoms with van der Waals surface area (Å²) in [6.07, 6.45) is 13.5. The number of carbonyl (C=O) groups excluding carboxylic acids is 3. The molecule has 53 heavy (non-hydrogen) atoms. The molecule has 276 valence electrons. The van der Waals surface area contributed by atoms with Crippen LogP contribution in [0.4, 0.5) is 11.4 Å². The van der Waals surface area contributed by atoms with Gasteiger partial charge in [0.05, 0.1) is 23.8 Å². The molecule has 5 aliphatic rings. The number of carbonyl (C=O) groups is 3. The third-order valence-electron chi connectivity index (χ3n) is 11.6. The maximum atomic E-state index is 13.4. The highest BCUT2D eigenvalue weighted by molar-refractivity contribution is 6.06. The highest BCUT2D eigenvalue weighted by Gasteiger charge is 2.31. The van der Waals surface area contributed by atoms with Crippen LogP contribution in [-0.2, 0) is 9.59 Å². The van der Waals surface area contributed by atoms with E-state index in [2.05, 4.69) is 51.8 Å². The molecule has 2 aromatic carbocycles. The predicted octanol–water partition coefficient (Wildman–Crippen LogP) is 3.27. The Balaban J connectivity index is 0.834. The van der Waals surface area contributed by atoms with Crippen LogP contribution < -0.4 is 36.4 Å². The van der Waals surface area contributed by atoms with E-state index in [4.69, 9.17) is 9.84 Å². The lowest BCUT2D eigenvalue weighted by Gasteiger charge is -2.39. The number of anilines is 2. The molecular formula is C41H48N7O5+. The molecule has 1 unspecified atom stereocenters. The number of nitrogens with one attached hydrogen (secondary N) is 2. The summed E-state index contributed by atoms with van der Waals surface area (Å²) in [5.74, 6) is 0.525. The third kappa shape index (κ3) is 7.55. The van der Waals surface area contributed by atoms with Gasteiger partial charge < -0.3 is 19.5 Å². The molecule has 12 nitrogen and oxygen atoms in total. The summed E-state index contributed by atoms with van der Waals surface area (Å²) in [5.41, 5.74) is 3.76. The molecular weight excluding hydrogens is 670 g/mol. The van der Waals surface area contributed by atoms with Crippen LogP contribution in [0.2, 0.25) is 0 Å². The van der Waals surface area contributed by atoms with Gasteiger partial charge in [-0.25, -0.2) is 0 Å². The number of piperidine rings is 1. The highest BCUT2D eigenvalue weighted by Crippen LogP contribution is 2.34. The van der Waals surface area contributed by atoms with E-state index in [1.165, 1.54) is 25.6 Å². The molecule has 2 aliphatic carbocycles. The van der Waals surface area contributed by atoms with E-state index in [0.29, 0.717) is 36.0 Å². The van der Waals surface area contributed by atoms with Gasteiger partial charge in [-0.15, -0.1) is 0 Å². The topological polar surface area (TPSA) is 128 Å². The first-order chi connectivity index (χ1) is 25.7. The third-order valence-corrected chi connectivity index (χ3v) is 11.6. The summed E-state index contributed by atoms with van der Waals surface area (Å²) < 4.78 is 9.17.